The molecular formula is C11H15BO. The molecular weight excluding hydrogens is 159 g/mol. The molecule has 0 amide bonds. The van der Waals surface area contributed by atoms with Gasteiger partial charge in [0.2, 0.25) is 0 Å². The molecule has 1 aromatic carbocycles. The molecule has 0 saturated carbocycles. The average Bonchev–Trinajstić information content (AvgIpc) is 1.93. The van der Waals surface area contributed by atoms with Crippen molar-refractivity contribution in [3.63, 3.8) is 0 Å². The molecule has 1 nitrogen and oxygen atoms in total. The van der Waals surface area contributed by atoms with Crippen LogP contribution in [-0.2, 0) is 0 Å². The number of ether oxygens (including phenoxy) is 1. The fraction of sp³-hybridized carbons (Fsp3) is 0.455. The first kappa shape index (κ1) is 10.2. The Morgan fingerprint density at radius 3 is 2.31 bits per heavy atom. The zero-order chi connectivity index (χ0) is 10.1. The predicted octanol–water partition coefficient (Wildman–Crippen LogP) is 1.97. The second kappa shape index (κ2) is 3.45. The zero-order valence-electron chi connectivity index (χ0n) is 8.72. The third-order valence-electron chi connectivity index (χ3n) is 1.62. The lowest BCUT2D eigenvalue weighted by Gasteiger charge is -2.22. The molecule has 68 valence electrons. The minimum absolute atomic E-state index is 0.152. The first-order valence-corrected chi connectivity index (χ1v) is 4.43. The molecule has 13 heavy (non-hydrogen) atoms. The second-order valence-electron chi connectivity index (χ2n) is 4.24. The summed E-state index contributed by atoms with van der Waals surface area (Å²) in [5, 5.41) is 0. The van der Waals surface area contributed by atoms with E-state index in [2.05, 4.69) is 0 Å². The summed E-state index contributed by atoms with van der Waals surface area (Å²) < 4.78 is 5.73. The zero-order valence-corrected chi connectivity index (χ0v) is 8.72. The lowest BCUT2D eigenvalue weighted by Crippen LogP contribution is -2.23. The van der Waals surface area contributed by atoms with E-state index in [0.717, 1.165) is 16.8 Å². The van der Waals surface area contributed by atoms with E-state index in [0.29, 0.717) is 0 Å². The fourth-order valence-electron chi connectivity index (χ4n) is 1.12. The standard InChI is InChI=1S/C11H15BO/c1-8-7-9(12)5-6-10(8)13-11(2,3)4/h5-7H,1-4H3. The third kappa shape index (κ3) is 3.13. The van der Waals surface area contributed by atoms with Gasteiger partial charge in [-0.25, -0.2) is 0 Å². The Bertz CT molecular complexity index is 299. The van der Waals surface area contributed by atoms with Crippen LogP contribution in [0.3, 0.4) is 0 Å². The van der Waals surface area contributed by atoms with E-state index < -0.39 is 0 Å². The third-order valence-corrected chi connectivity index (χ3v) is 1.62. The molecule has 0 spiro atoms. The molecule has 0 aliphatic rings. The van der Waals surface area contributed by atoms with Crippen molar-refractivity contribution >= 4 is 13.3 Å². The van der Waals surface area contributed by atoms with Crippen LogP contribution in [0.15, 0.2) is 18.2 Å². The van der Waals surface area contributed by atoms with E-state index in [4.69, 9.17) is 12.6 Å². The van der Waals surface area contributed by atoms with Gasteiger partial charge in [0.25, 0.3) is 0 Å². The van der Waals surface area contributed by atoms with E-state index in [1.807, 2.05) is 45.9 Å². The molecule has 2 radical (unpaired) electrons. The van der Waals surface area contributed by atoms with Crippen LogP contribution in [0, 0.1) is 6.92 Å². The van der Waals surface area contributed by atoms with Gasteiger partial charge in [0.15, 0.2) is 0 Å². The van der Waals surface area contributed by atoms with Crippen molar-refractivity contribution in [3.8, 4) is 5.75 Å². The highest BCUT2D eigenvalue weighted by molar-refractivity contribution is 6.32. The highest BCUT2D eigenvalue weighted by atomic mass is 16.5. The summed E-state index contributed by atoms with van der Waals surface area (Å²) in [6.07, 6.45) is 0. The van der Waals surface area contributed by atoms with Crippen molar-refractivity contribution in [2.45, 2.75) is 33.3 Å². The molecule has 0 aromatic heterocycles. The van der Waals surface area contributed by atoms with Gasteiger partial charge < -0.3 is 4.74 Å². The molecule has 0 aliphatic carbocycles. The molecule has 0 heterocycles. The SMILES string of the molecule is [B]c1ccc(OC(C)(C)C)c(C)c1. The minimum atomic E-state index is -0.152. The molecule has 0 aliphatic heterocycles. The van der Waals surface area contributed by atoms with Gasteiger partial charge >= 0.3 is 0 Å². The summed E-state index contributed by atoms with van der Waals surface area (Å²) in [6, 6.07) is 5.69. The summed E-state index contributed by atoms with van der Waals surface area (Å²) in [7, 11) is 5.64. The van der Waals surface area contributed by atoms with Crippen LogP contribution in [0.25, 0.3) is 0 Å². The highest BCUT2D eigenvalue weighted by Gasteiger charge is 2.12. The van der Waals surface area contributed by atoms with E-state index >= 15 is 0 Å². The van der Waals surface area contributed by atoms with E-state index in [9.17, 15) is 0 Å². The number of hydrogen-bond acceptors (Lipinski definition) is 1. The van der Waals surface area contributed by atoms with Crippen molar-refractivity contribution in [3.05, 3.63) is 23.8 Å². The summed E-state index contributed by atoms with van der Waals surface area (Å²) in [5.41, 5.74) is 1.70. The van der Waals surface area contributed by atoms with E-state index in [1.54, 1.807) is 0 Å². The fourth-order valence-corrected chi connectivity index (χ4v) is 1.12. The van der Waals surface area contributed by atoms with Crippen LogP contribution >= 0.6 is 0 Å². The van der Waals surface area contributed by atoms with Crippen LogP contribution in [0.5, 0.6) is 5.75 Å². The van der Waals surface area contributed by atoms with Crippen LogP contribution in [-0.4, -0.2) is 13.4 Å². The van der Waals surface area contributed by atoms with Crippen LogP contribution < -0.4 is 10.2 Å². The maximum Gasteiger partial charge on any atom is 0.122 e. The molecule has 0 atom stereocenters. The Kier molecular flexibility index (Phi) is 2.70. The van der Waals surface area contributed by atoms with Crippen LogP contribution in [0.4, 0.5) is 0 Å². The van der Waals surface area contributed by atoms with Crippen molar-refractivity contribution < 1.29 is 4.74 Å². The number of rotatable bonds is 1. The molecule has 1 aromatic rings. The quantitative estimate of drug-likeness (QED) is 0.591. The van der Waals surface area contributed by atoms with Gasteiger partial charge in [-0.2, -0.15) is 0 Å². The normalized spacial score (nSPS) is 11.4. The summed E-state index contributed by atoms with van der Waals surface area (Å²) in [6.45, 7) is 8.09. The van der Waals surface area contributed by atoms with Gasteiger partial charge in [0, 0.05) is 0 Å². The van der Waals surface area contributed by atoms with Gasteiger partial charge in [0.05, 0.1) is 0 Å². The van der Waals surface area contributed by atoms with Crippen LogP contribution in [0.2, 0.25) is 0 Å². The minimum Gasteiger partial charge on any atom is -0.488 e. The molecule has 0 fully saturated rings. The molecule has 0 unspecified atom stereocenters. The van der Waals surface area contributed by atoms with Gasteiger partial charge in [-0.1, -0.05) is 17.6 Å². The first-order valence-electron chi connectivity index (χ1n) is 4.43. The lowest BCUT2D eigenvalue weighted by molar-refractivity contribution is 0.130. The van der Waals surface area contributed by atoms with Gasteiger partial charge in [-0.3, -0.25) is 0 Å². The van der Waals surface area contributed by atoms with Crippen molar-refractivity contribution in [1.29, 1.82) is 0 Å². The monoisotopic (exact) mass is 174 g/mol. The molecule has 0 N–H and O–H groups in total. The smallest absolute Gasteiger partial charge is 0.122 e. The number of aryl methyl sites for hydroxylation is 1. The molecule has 2 heteroatoms. The Morgan fingerprint density at radius 2 is 1.85 bits per heavy atom. The summed E-state index contributed by atoms with van der Waals surface area (Å²) in [4.78, 5) is 0. The average molecular weight is 174 g/mol. The second-order valence-corrected chi connectivity index (χ2v) is 4.24. The van der Waals surface area contributed by atoms with Gasteiger partial charge in [-0.15, -0.1) is 0 Å². The summed E-state index contributed by atoms with van der Waals surface area (Å²) in [5.74, 6) is 0.904. The molecule has 0 saturated heterocycles. The van der Waals surface area contributed by atoms with Gasteiger partial charge in [0.1, 0.15) is 19.2 Å². The Balaban J connectivity index is 2.90. The van der Waals surface area contributed by atoms with Crippen molar-refractivity contribution in [2.24, 2.45) is 0 Å². The molecule has 0 bridgehead atoms. The van der Waals surface area contributed by atoms with Crippen LogP contribution in [0.1, 0.15) is 26.3 Å². The topological polar surface area (TPSA) is 9.23 Å². The Labute approximate surface area is 81.5 Å². The Morgan fingerprint density at radius 1 is 1.23 bits per heavy atom. The number of hydrogen-bond donors (Lipinski definition) is 0. The lowest BCUT2D eigenvalue weighted by atomic mass is 9.94. The summed E-state index contributed by atoms with van der Waals surface area (Å²) >= 11 is 0. The maximum absolute atomic E-state index is 5.73. The predicted molar refractivity (Wildman–Crippen MR) is 56.9 cm³/mol. The first-order chi connectivity index (χ1) is 5.88. The molecule has 1 rings (SSSR count). The van der Waals surface area contributed by atoms with E-state index in [1.165, 1.54) is 0 Å². The van der Waals surface area contributed by atoms with Crippen molar-refractivity contribution in [2.75, 3.05) is 0 Å². The number of benzene rings is 1. The maximum atomic E-state index is 5.73. The van der Waals surface area contributed by atoms with Crippen molar-refractivity contribution in [1.82, 2.24) is 0 Å². The highest BCUT2D eigenvalue weighted by Crippen LogP contribution is 2.20. The van der Waals surface area contributed by atoms with E-state index in [-0.39, 0.29) is 5.60 Å². The van der Waals surface area contributed by atoms with Gasteiger partial charge in [-0.05, 0) is 39.3 Å². The Hall–Kier alpha value is -0.915. The largest absolute Gasteiger partial charge is 0.488 e.